The monoisotopic (exact) mass is 282 g/mol. The van der Waals surface area contributed by atoms with Crippen LogP contribution in [0.1, 0.15) is 13.3 Å². The number of ether oxygens (including phenoxy) is 1. The van der Waals surface area contributed by atoms with Gasteiger partial charge in [0.25, 0.3) is 0 Å². The van der Waals surface area contributed by atoms with Gasteiger partial charge in [0.1, 0.15) is 0 Å². The fraction of sp³-hybridized carbons (Fsp3) is 0.692. The summed E-state index contributed by atoms with van der Waals surface area (Å²) in [6, 6.07) is 1.79. The summed E-state index contributed by atoms with van der Waals surface area (Å²) in [5, 5.41) is 3.26. The van der Waals surface area contributed by atoms with E-state index in [9.17, 15) is 0 Å². The molecule has 0 aliphatic carbocycles. The largest absolute Gasteiger partial charge is 0.478 e. The molecule has 1 saturated heterocycles. The summed E-state index contributed by atoms with van der Waals surface area (Å²) in [5.41, 5.74) is 0. The molecule has 0 unspecified atom stereocenters. The molecule has 1 aromatic rings. The van der Waals surface area contributed by atoms with Crippen LogP contribution in [0.15, 0.2) is 12.3 Å². The lowest BCUT2D eigenvalue weighted by molar-refractivity contribution is 0.304. The molecule has 1 aromatic heterocycles. The van der Waals surface area contributed by atoms with E-state index >= 15 is 0 Å². The smallest absolute Gasteiger partial charge is 0.225 e. The fourth-order valence-electron chi connectivity index (χ4n) is 1.86. The first-order chi connectivity index (χ1) is 9.38. The molecule has 0 atom stereocenters. The molecule has 2 rings (SSSR count). The second kappa shape index (κ2) is 8.22. The topological polar surface area (TPSA) is 50.3 Å². The summed E-state index contributed by atoms with van der Waals surface area (Å²) in [7, 11) is 0. The Labute approximate surface area is 119 Å². The molecule has 106 valence electrons. The number of rotatable bonds is 7. The van der Waals surface area contributed by atoms with Gasteiger partial charge in [-0.15, -0.1) is 0 Å². The van der Waals surface area contributed by atoms with E-state index in [1.807, 2.05) is 11.8 Å². The molecule has 0 aromatic carbocycles. The van der Waals surface area contributed by atoms with Gasteiger partial charge in [-0.1, -0.05) is 6.92 Å². The van der Waals surface area contributed by atoms with Crippen LogP contribution in [-0.4, -0.2) is 59.2 Å². The Morgan fingerprint density at radius 3 is 3.05 bits per heavy atom. The van der Waals surface area contributed by atoms with Gasteiger partial charge in [0, 0.05) is 49.9 Å². The van der Waals surface area contributed by atoms with Gasteiger partial charge in [0.15, 0.2) is 0 Å². The zero-order chi connectivity index (χ0) is 13.3. The molecular formula is C13H22N4OS. The van der Waals surface area contributed by atoms with Gasteiger partial charge in [0.05, 0.1) is 6.61 Å². The van der Waals surface area contributed by atoms with Crippen LogP contribution in [0.25, 0.3) is 0 Å². The average molecular weight is 282 g/mol. The first-order valence-corrected chi connectivity index (χ1v) is 8.04. The van der Waals surface area contributed by atoms with Crippen molar-refractivity contribution in [3.63, 3.8) is 0 Å². The summed E-state index contributed by atoms with van der Waals surface area (Å²) < 4.78 is 5.49. The maximum absolute atomic E-state index is 5.49. The molecule has 0 spiro atoms. The van der Waals surface area contributed by atoms with Gasteiger partial charge < -0.3 is 10.1 Å². The summed E-state index contributed by atoms with van der Waals surface area (Å²) >= 11 is 2.03. The number of aromatic nitrogens is 2. The van der Waals surface area contributed by atoms with E-state index in [4.69, 9.17) is 4.74 Å². The van der Waals surface area contributed by atoms with Crippen molar-refractivity contribution in [2.24, 2.45) is 0 Å². The van der Waals surface area contributed by atoms with Crippen LogP contribution in [0.3, 0.4) is 0 Å². The number of nitrogens with one attached hydrogen (secondary N) is 1. The van der Waals surface area contributed by atoms with Gasteiger partial charge in [-0.05, 0) is 6.42 Å². The Morgan fingerprint density at radius 1 is 1.42 bits per heavy atom. The molecule has 1 N–H and O–H groups in total. The van der Waals surface area contributed by atoms with Crippen molar-refractivity contribution in [1.29, 1.82) is 0 Å². The van der Waals surface area contributed by atoms with Gasteiger partial charge in [0.2, 0.25) is 11.8 Å². The highest BCUT2D eigenvalue weighted by Gasteiger charge is 2.09. The lowest BCUT2D eigenvalue weighted by atomic mass is 10.4. The van der Waals surface area contributed by atoms with Crippen molar-refractivity contribution < 1.29 is 4.74 Å². The third kappa shape index (κ3) is 5.24. The maximum Gasteiger partial charge on any atom is 0.225 e. The van der Waals surface area contributed by atoms with Crippen LogP contribution in [0, 0.1) is 0 Å². The third-order valence-corrected chi connectivity index (χ3v) is 3.84. The molecular weight excluding hydrogens is 260 g/mol. The Kier molecular flexibility index (Phi) is 6.23. The second-order valence-electron chi connectivity index (χ2n) is 4.45. The SMILES string of the molecule is CCCOc1ccnc(NCCN2CCSCC2)n1. The van der Waals surface area contributed by atoms with Crippen LogP contribution < -0.4 is 10.1 Å². The van der Waals surface area contributed by atoms with Gasteiger partial charge in [-0.25, -0.2) is 4.98 Å². The zero-order valence-electron chi connectivity index (χ0n) is 11.5. The van der Waals surface area contributed by atoms with Crippen LogP contribution in [-0.2, 0) is 0 Å². The molecule has 0 radical (unpaired) electrons. The first kappa shape index (κ1) is 14.4. The number of thioether (sulfide) groups is 1. The fourth-order valence-corrected chi connectivity index (χ4v) is 2.84. The minimum absolute atomic E-state index is 0.647. The summed E-state index contributed by atoms with van der Waals surface area (Å²) in [6.07, 6.45) is 2.72. The number of hydrogen-bond donors (Lipinski definition) is 1. The minimum atomic E-state index is 0.647. The van der Waals surface area contributed by atoms with Crippen molar-refractivity contribution >= 4 is 17.7 Å². The Morgan fingerprint density at radius 2 is 2.26 bits per heavy atom. The number of anilines is 1. The van der Waals surface area contributed by atoms with E-state index in [0.717, 1.165) is 19.5 Å². The van der Waals surface area contributed by atoms with Gasteiger partial charge >= 0.3 is 0 Å². The van der Waals surface area contributed by atoms with E-state index in [1.165, 1.54) is 24.6 Å². The number of nitrogens with zero attached hydrogens (tertiary/aromatic N) is 3. The molecule has 1 aliphatic heterocycles. The zero-order valence-corrected chi connectivity index (χ0v) is 12.3. The normalized spacial score (nSPS) is 16.3. The van der Waals surface area contributed by atoms with Crippen LogP contribution in [0.4, 0.5) is 5.95 Å². The van der Waals surface area contributed by atoms with Crippen molar-refractivity contribution in [3.05, 3.63) is 12.3 Å². The molecule has 0 bridgehead atoms. The van der Waals surface area contributed by atoms with E-state index < -0.39 is 0 Å². The average Bonchev–Trinajstić information content (AvgIpc) is 2.47. The molecule has 1 aliphatic rings. The standard InChI is InChI=1S/C13H22N4OS/c1-2-9-18-12-3-4-14-13(16-12)15-5-6-17-7-10-19-11-8-17/h3-4H,2,5-11H2,1H3,(H,14,15,16). The van der Waals surface area contributed by atoms with Gasteiger partial charge in [-0.3, -0.25) is 4.90 Å². The predicted molar refractivity (Wildman–Crippen MR) is 80.1 cm³/mol. The summed E-state index contributed by atoms with van der Waals surface area (Å²) in [5.74, 6) is 3.79. The molecule has 19 heavy (non-hydrogen) atoms. The first-order valence-electron chi connectivity index (χ1n) is 6.88. The Balaban J connectivity index is 1.72. The number of hydrogen-bond acceptors (Lipinski definition) is 6. The maximum atomic E-state index is 5.49. The third-order valence-electron chi connectivity index (χ3n) is 2.90. The highest BCUT2D eigenvalue weighted by atomic mass is 32.2. The van der Waals surface area contributed by atoms with Gasteiger partial charge in [-0.2, -0.15) is 16.7 Å². The lowest BCUT2D eigenvalue weighted by Gasteiger charge is -2.25. The summed E-state index contributed by atoms with van der Waals surface area (Å²) in [6.45, 7) is 7.07. The van der Waals surface area contributed by atoms with Crippen molar-refractivity contribution in [3.8, 4) is 5.88 Å². The van der Waals surface area contributed by atoms with E-state index in [2.05, 4.69) is 27.1 Å². The predicted octanol–water partition coefficient (Wildman–Crippen LogP) is 1.73. The van der Waals surface area contributed by atoms with Crippen LogP contribution in [0.5, 0.6) is 5.88 Å². The lowest BCUT2D eigenvalue weighted by Crippen LogP contribution is -2.36. The quantitative estimate of drug-likeness (QED) is 0.822. The van der Waals surface area contributed by atoms with E-state index in [0.29, 0.717) is 18.4 Å². The van der Waals surface area contributed by atoms with Crippen molar-refractivity contribution in [2.75, 3.05) is 49.6 Å². The molecule has 6 heteroatoms. The molecule has 5 nitrogen and oxygen atoms in total. The van der Waals surface area contributed by atoms with Crippen LogP contribution >= 0.6 is 11.8 Å². The van der Waals surface area contributed by atoms with Crippen molar-refractivity contribution in [1.82, 2.24) is 14.9 Å². The van der Waals surface area contributed by atoms with Crippen molar-refractivity contribution in [2.45, 2.75) is 13.3 Å². The molecule has 1 fully saturated rings. The minimum Gasteiger partial charge on any atom is -0.478 e. The second-order valence-corrected chi connectivity index (χ2v) is 5.67. The summed E-state index contributed by atoms with van der Waals surface area (Å²) in [4.78, 5) is 11.0. The highest BCUT2D eigenvalue weighted by Crippen LogP contribution is 2.10. The molecule has 0 amide bonds. The molecule has 0 saturated carbocycles. The van der Waals surface area contributed by atoms with E-state index in [-0.39, 0.29) is 0 Å². The van der Waals surface area contributed by atoms with Crippen LogP contribution in [0.2, 0.25) is 0 Å². The highest BCUT2D eigenvalue weighted by molar-refractivity contribution is 7.99. The Bertz CT molecular complexity index is 371. The molecule has 2 heterocycles. The van der Waals surface area contributed by atoms with E-state index in [1.54, 1.807) is 12.3 Å². The Hall–Kier alpha value is -1.01.